The SMILES string of the molecule is O=C(O)c1cnc2c(c1)nc(CC1CCC(CF)CC1)n2C1CC1. The van der Waals surface area contributed by atoms with Crippen molar-refractivity contribution in [2.24, 2.45) is 11.8 Å². The summed E-state index contributed by atoms with van der Waals surface area (Å²) in [7, 11) is 0. The van der Waals surface area contributed by atoms with Crippen LogP contribution in [0.15, 0.2) is 12.3 Å². The van der Waals surface area contributed by atoms with E-state index in [1.54, 1.807) is 6.07 Å². The summed E-state index contributed by atoms with van der Waals surface area (Å²) in [6.07, 6.45) is 8.60. The molecule has 0 bridgehead atoms. The molecule has 2 fully saturated rings. The Morgan fingerprint density at radius 1 is 1.21 bits per heavy atom. The molecule has 6 heteroatoms. The minimum Gasteiger partial charge on any atom is -0.478 e. The Hall–Kier alpha value is -1.98. The number of alkyl halides is 1. The lowest BCUT2D eigenvalue weighted by Gasteiger charge is -2.26. The third kappa shape index (κ3) is 2.89. The van der Waals surface area contributed by atoms with Crippen molar-refractivity contribution in [1.29, 1.82) is 0 Å². The van der Waals surface area contributed by atoms with E-state index in [1.165, 1.54) is 6.20 Å². The predicted molar refractivity (Wildman–Crippen MR) is 87.9 cm³/mol. The highest BCUT2D eigenvalue weighted by Gasteiger charge is 2.31. The van der Waals surface area contributed by atoms with Crippen LogP contribution in [0.3, 0.4) is 0 Å². The van der Waals surface area contributed by atoms with E-state index >= 15 is 0 Å². The fourth-order valence-corrected chi connectivity index (χ4v) is 3.85. The van der Waals surface area contributed by atoms with Gasteiger partial charge in [-0.05, 0) is 56.4 Å². The zero-order valence-electron chi connectivity index (χ0n) is 13.6. The number of hydrogen-bond donors (Lipinski definition) is 1. The number of aromatic carboxylic acids is 1. The zero-order chi connectivity index (χ0) is 16.7. The van der Waals surface area contributed by atoms with Gasteiger partial charge in [-0.3, -0.25) is 4.39 Å². The normalized spacial score (nSPS) is 24.4. The monoisotopic (exact) mass is 331 g/mol. The average Bonchev–Trinajstić information content (AvgIpc) is 3.36. The quantitative estimate of drug-likeness (QED) is 0.905. The van der Waals surface area contributed by atoms with Crippen LogP contribution in [0.2, 0.25) is 0 Å². The maximum Gasteiger partial charge on any atom is 0.337 e. The van der Waals surface area contributed by atoms with E-state index in [2.05, 4.69) is 9.55 Å². The van der Waals surface area contributed by atoms with Crippen LogP contribution >= 0.6 is 0 Å². The molecule has 0 atom stereocenters. The Bertz CT molecular complexity index is 761. The first-order valence-corrected chi connectivity index (χ1v) is 8.81. The van der Waals surface area contributed by atoms with Crippen LogP contribution in [0.4, 0.5) is 4.39 Å². The molecule has 1 N–H and O–H groups in total. The first-order valence-electron chi connectivity index (χ1n) is 8.81. The summed E-state index contributed by atoms with van der Waals surface area (Å²) in [6.45, 7) is -0.199. The van der Waals surface area contributed by atoms with Crippen LogP contribution in [0, 0.1) is 11.8 Å². The molecule has 2 saturated carbocycles. The Kier molecular flexibility index (Phi) is 3.98. The number of carboxylic acid groups (broad SMARTS) is 1. The van der Waals surface area contributed by atoms with Crippen molar-refractivity contribution in [3.05, 3.63) is 23.7 Å². The van der Waals surface area contributed by atoms with E-state index in [1.807, 2.05) is 0 Å². The van der Waals surface area contributed by atoms with Crippen molar-refractivity contribution >= 4 is 17.1 Å². The molecular weight excluding hydrogens is 309 g/mol. The first kappa shape index (κ1) is 15.5. The molecule has 0 saturated heterocycles. The molecule has 0 aromatic carbocycles. The summed E-state index contributed by atoms with van der Waals surface area (Å²) < 4.78 is 15.0. The molecule has 0 amide bonds. The lowest BCUT2D eigenvalue weighted by atomic mass is 9.81. The molecule has 2 aliphatic carbocycles. The van der Waals surface area contributed by atoms with Gasteiger partial charge in [-0.25, -0.2) is 14.8 Å². The van der Waals surface area contributed by atoms with Gasteiger partial charge in [-0.15, -0.1) is 0 Å². The summed E-state index contributed by atoms with van der Waals surface area (Å²) in [4.78, 5) is 20.2. The summed E-state index contributed by atoms with van der Waals surface area (Å²) in [5.74, 6) is 0.826. The van der Waals surface area contributed by atoms with Crippen molar-refractivity contribution in [2.75, 3.05) is 6.67 Å². The first-order chi connectivity index (χ1) is 11.7. The highest BCUT2D eigenvalue weighted by atomic mass is 19.1. The van der Waals surface area contributed by atoms with Crippen molar-refractivity contribution in [1.82, 2.24) is 14.5 Å². The number of fused-ring (bicyclic) bond motifs is 1. The van der Waals surface area contributed by atoms with E-state index in [0.29, 0.717) is 17.5 Å². The van der Waals surface area contributed by atoms with Gasteiger partial charge >= 0.3 is 5.97 Å². The fraction of sp³-hybridized carbons (Fsp3) is 0.611. The molecule has 0 aliphatic heterocycles. The summed E-state index contributed by atoms with van der Waals surface area (Å²) in [5.41, 5.74) is 1.65. The number of aromatic nitrogens is 3. The number of carboxylic acids is 1. The summed E-state index contributed by atoms with van der Waals surface area (Å²) >= 11 is 0. The van der Waals surface area contributed by atoms with Crippen molar-refractivity contribution in [3.8, 4) is 0 Å². The maximum absolute atomic E-state index is 12.8. The molecule has 2 aromatic rings. The van der Waals surface area contributed by atoms with E-state index in [-0.39, 0.29) is 18.2 Å². The van der Waals surface area contributed by atoms with Gasteiger partial charge in [-0.1, -0.05) is 0 Å². The largest absolute Gasteiger partial charge is 0.478 e. The number of hydrogen-bond acceptors (Lipinski definition) is 3. The van der Waals surface area contributed by atoms with E-state index < -0.39 is 5.97 Å². The Balaban J connectivity index is 1.62. The second-order valence-electron chi connectivity index (χ2n) is 7.25. The van der Waals surface area contributed by atoms with E-state index in [4.69, 9.17) is 10.1 Å². The van der Waals surface area contributed by atoms with Crippen molar-refractivity contribution in [3.63, 3.8) is 0 Å². The van der Waals surface area contributed by atoms with Crippen LogP contribution in [0.5, 0.6) is 0 Å². The van der Waals surface area contributed by atoms with Crippen LogP contribution in [0.25, 0.3) is 11.2 Å². The van der Waals surface area contributed by atoms with Crippen LogP contribution < -0.4 is 0 Å². The van der Waals surface area contributed by atoms with Crippen LogP contribution in [0.1, 0.15) is 60.7 Å². The molecular formula is C18H22FN3O2. The standard InChI is InChI=1S/C18H22FN3O2/c19-9-12-3-1-11(2-4-12)7-16-21-15-8-13(18(23)24)10-20-17(15)22(16)14-5-6-14/h8,10-12,14H,1-7,9H2,(H,23,24). The lowest BCUT2D eigenvalue weighted by Crippen LogP contribution is -2.19. The van der Waals surface area contributed by atoms with E-state index in [9.17, 15) is 9.18 Å². The number of imidazole rings is 1. The number of halogens is 1. The molecule has 128 valence electrons. The summed E-state index contributed by atoms with van der Waals surface area (Å²) in [6, 6.07) is 2.07. The molecule has 4 rings (SSSR count). The van der Waals surface area contributed by atoms with Gasteiger partial charge < -0.3 is 9.67 Å². The maximum atomic E-state index is 12.8. The molecule has 0 spiro atoms. The second kappa shape index (κ2) is 6.15. The van der Waals surface area contributed by atoms with Crippen LogP contribution in [-0.4, -0.2) is 32.3 Å². The topological polar surface area (TPSA) is 68.0 Å². The third-order valence-corrected chi connectivity index (χ3v) is 5.42. The van der Waals surface area contributed by atoms with Gasteiger partial charge in [-0.2, -0.15) is 0 Å². The molecule has 2 aliphatic rings. The number of pyridine rings is 1. The zero-order valence-corrected chi connectivity index (χ0v) is 13.6. The Morgan fingerprint density at radius 3 is 2.54 bits per heavy atom. The second-order valence-corrected chi connectivity index (χ2v) is 7.25. The van der Waals surface area contributed by atoms with Crippen molar-refractivity contribution < 1.29 is 14.3 Å². The molecule has 2 aromatic heterocycles. The number of rotatable bonds is 5. The number of carbonyl (C=O) groups is 1. The van der Waals surface area contributed by atoms with Gasteiger partial charge in [0.2, 0.25) is 0 Å². The minimum atomic E-state index is -0.975. The molecule has 5 nitrogen and oxygen atoms in total. The van der Waals surface area contributed by atoms with Gasteiger partial charge in [0.05, 0.1) is 12.2 Å². The Labute approximate surface area is 139 Å². The smallest absolute Gasteiger partial charge is 0.337 e. The number of nitrogens with zero attached hydrogens (tertiary/aromatic N) is 3. The minimum absolute atomic E-state index is 0.179. The van der Waals surface area contributed by atoms with Gasteiger partial charge in [0.15, 0.2) is 5.65 Å². The lowest BCUT2D eigenvalue weighted by molar-refractivity contribution is 0.0696. The third-order valence-electron chi connectivity index (χ3n) is 5.42. The highest BCUT2D eigenvalue weighted by Crippen LogP contribution is 2.40. The van der Waals surface area contributed by atoms with Gasteiger partial charge in [0.1, 0.15) is 11.3 Å². The highest BCUT2D eigenvalue weighted by molar-refractivity contribution is 5.90. The van der Waals surface area contributed by atoms with Gasteiger partial charge in [0, 0.05) is 18.7 Å². The predicted octanol–water partition coefficient (Wildman–Crippen LogP) is 3.78. The van der Waals surface area contributed by atoms with Crippen molar-refractivity contribution in [2.45, 2.75) is 51.0 Å². The molecule has 0 unspecified atom stereocenters. The Morgan fingerprint density at radius 2 is 1.92 bits per heavy atom. The summed E-state index contributed by atoms with van der Waals surface area (Å²) in [5, 5.41) is 9.15. The van der Waals surface area contributed by atoms with Crippen LogP contribution in [-0.2, 0) is 6.42 Å². The molecule has 2 heterocycles. The molecule has 24 heavy (non-hydrogen) atoms. The fourth-order valence-electron chi connectivity index (χ4n) is 3.85. The molecule has 0 radical (unpaired) electrons. The average molecular weight is 331 g/mol. The van der Waals surface area contributed by atoms with E-state index in [0.717, 1.165) is 56.4 Å². The van der Waals surface area contributed by atoms with Gasteiger partial charge in [0.25, 0.3) is 0 Å².